The van der Waals surface area contributed by atoms with E-state index in [2.05, 4.69) is 14.7 Å². The molecule has 2 aromatic carbocycles. The molecule has 0 fully saturated rings. The Morgan fingerprint density at radius 1 is 1.00 bits per heavy atom. The third kappa shape index (κ3) is 5.21. The Balaban J connectivity index is 1.82. The number of carbonyl (C=O) groups excluding carboxylic acids is 1. The van der Waals surface area contributed by atoms with Gasteiger partial charge in [0, 0.05) is 24.3 Å². The van der Waals surface area contributed by atoms with Crippen LogP contribution in [0.15, 0.2) is 42.7 Å². The van der Waals surface area contributed by atoms with E-state index in [1.165, 1.54) is 29.4 Å². The van der Waals surface area contributed by atoms with E-state index in [4.69, 9.17) is 44.0 Å². The molecular weight excluding hydrogens is 453 g/mol. The number of carbonyl (C=O) groups is 1. The maximum absolute atomic E-state index is 13.6. The maximum atomic E-state index is 13.6. The van der Waals surface area contributed by atoms with Crippen molar-refractivity contribution in [3.63, 3.8) is 0 Å². The topological polar surface area (TPSA) is 64.6 Å². The number of hydrogen-bond acceptors (Lipinski definition) is 5. The van der Waals surface area contributed by atoms with Gasteiger partial charge in [0.1, 0.15) is 56.6 Å². The second kappa shape index (κ2) is 9.05. The van der Waals surface area contributed by atoms with E-state index >= 15 is 0 Å². The van der Waals surface area contributed by atoms with Gasteiger partial charge in [0.2, 0.25) is 0 Å². The molecule has 10 radical (unpaired) electrons. The standard InChI is InChI=1S/C21H11B5F3N3O3/c22-15-13(10-2-4-11(5-3-10)34-21(27,28)29)16(23)17(24)18-14(15)19(33)32(9-20(25,26)35-18)8-12-30-6-1-7-31-12/h1-7H,8-9H2. The molecular formula is C21H11B5F3N3O3. The predicted octanol–water partition coefficient (Wildman–Crippen LogP) is -0.551. The molecule has 0 saturated heterocycles. The van der Waals surface area contributed by atoms with Crippen LogP contribution in [0.1, 0.15) is 16.2 Å². The normalized spacial score (nSPS) is 15.2. The number of alkyl halides is 3. The van der Waals surface area contributed by atoms with E-state index < -0.39 is 23.4 Å². The summed E-state index contributed by atoms with van der Waals surface area (Å²) in [6.45, 7) is -0.336. The molecule has 35 heavy (non-hydrogen) atoms. The quantitative estimate of drug-likeness (QED) is 0.485. The van der Waals surface area contributed by atoms with Gasteiger partial charge in [-0.15, -0.1) is 13.2 Å². The van der Waals surface area contributed by atoms with Gasteiger partial charge in [-0.05, 0) is 29.3 Å². The molecule has 3 aromatic rings. The summed E-state index contributed by atoms with van der Waals surface area (Å²) in [5.74, 6) is -0.979. The number of fused-ring (bicyclic) bond motifs is 1. The molecule has 1 aliphatic heterocycles. The lowest BCUT2D eigenvalue weighted by Crippen LogP contribution is -2.48. The van der Waals surface area contributed by atoms with Crippen molar-refractivity contribution < 1.29 is 27.4 Å². The maximum Gasteiger partial charge on any atom is 0.573 e. The number of aromatic nitrogens is 2. The monoisotopic (exact) mass is 465 g/mol. The Morgan fingerprint density at radius 3 is 2.23 bits per heavy atom. The highest BCUT2D eigenvalue weighted by Crippen LogP contribution is 2.29. The van der Waals surface area contributed by atoms with Gasteiger partial charge in [0.15, 0.2) is 0 Å². The van der Waals surface area contributed by atoms with Crippen LogP contribution in [-0.4, -0.2) is 78.3 Å². The number of halogens is 3. The Bertz CT molecular complexity index is 1280. The summed E-state index contributed by atoms with van der Waals surface area (Å²) in [6.07, 6.45) is -1.85. The Kier molecular flexibility index (Phi) is 6.42. The molecule has 164 valence electrons. The molecule has 0 bridgehead atoms. The predicted molar refractivity (Wildman–Crippen MR) is 126 cm³/mol. The van der Waals surface area contributed by atoms with Crippen molar-refractivity contribution in [2.45, 2.75) is 18.3 Å². The average molecular weight is 464 g/mol. The van der Waals surface area contributed by atoms with Crippen LogP contribution in [0.25, 0.3) is 11.1 Å². The zero-order valence-corrected chi connectivity index (χ0v) is 18.0. The van der Waals surface area contributed by atoms with Crippen LogP contribution < -0.4 is 25.9 Å². The number of hydrogen-bond donors (Lipinski definition) is 0. The molecule has 14 heteroatoms. The van der Waals surface area contributed by atoms with Crippen LogP contribution in [0.2, 0.25) is 0 Å². The van der Waals surface area contributed by atoms with Crippen LogP contribution in [0.5, 0.6) is 11.5 Å². The molecule has 0 saturated carbocycles. The Morgan fingerprint density at radius 2 is 1.63 bits per heavy atom. The first-order chi connectivity index (χ1) is 16.4. The highest BCUT2D eigenvalue weighted by Gasteiger charge is 2.36. The van der Waals surface area contributed by atoms with E-state index in [9.17, 15) is 18.0 Å². The molecule has 1 aliphatic rings. The number of nitrogens with zero attached hydrogens (tertiary/aromatic N) is 3. The SMILES string of the molecule is [B]c1c([B])c(-c2ccc(OC(F)(F)F)cc2)c([B])c2c1OC([B])([B])CN(Cc1ncccn1)C2=O. The van der Waals surface area contributed by atoms with E-state index in [1.807, 2.05) is 0 Å². The van der Waals surface area contributed by atoms with E-state index in [0.717, 1.165) is 12.1 Å². The highest BCUT2D eigenvalue weighted by atomic mass is 19.4. The van der Waals surface area contributed by atoms with Gasteiger partial charge in [-0.2, -0.15) is 0 Å². The van der Waals surface area contributed by atoms with Gasteiger partial charge in [-0.3, -0.25) is 4.79 Å². The van der Waals surface area contributed by atoms with Gasteiger partial charge >= 0.3 is 6.36 Å². The van der Waals surface area contributed by atoms with Gasteiger partial charge in [0.25, 0.3) is 5.91 Å². The van der Waals surface area contributed by atoms with Crippen LogP contribution >= 0.6 is 0 Å². The molecule has 6 nitrogen and oxygen atoms in total. The van der Waals surface area contributed by atoms with Gasteiger partial charge in [0.05, 0.1) is 12.1 Å². The van der Waals surface area contributed by atoms with Crippen molar-refractivity contribution in [2.24, 2.45) is 0 Å². The van der Waals surface area contributed by atoms with Gasteiger partial charge in [-0.1, -0.05) is 28.5 Å². The Hall–Kier alpha value is -3.30. The minimum Gasteiger partial charge on any atom is -0.505 e. The number of ether oxygens (including phenoxy) is 2. The molecule has 1 amide bonds. The molecule has 0 unspecified atom stereocenters. The number of benzene rings is 2. The minimum absolute atomic E-state index is 0.0683. The van der Waals surface area contributed by atoms with Crippen LogP contribution in [0, 0.1) is 0 Å². The van der Waals surface area contributed by atoms with Crippen molar-refractivity contribution in [3.05, 3.63) is 54.1 Å². The van der Waals surface area contributed by atoms with Crippen molar-refractivity contribution in [2.75, 3.05) is 6.54 Å². The molecule has 0 N–H and O–H groups in total. The second-order valence-electron chi connectivity index (χ2n) is 7.78. The summed E-state index contributed by atoms with van der Waals surface area (Å²) >= 11 is 0. The summed E-state index contributed by atoms with van der Waals surface area (Å²) in [5.41, 5.74) is -0.116. The summed E-state index contributed by atoms with van der Waals surface area (Å²) in [5, 5.41) is -1.86. The summed E-state index contributed by atoms with van der Waals surface area (Å²) in [7, 11) is 30.9. The minimum atomic E-state index is -4.86. The Labute approximate surface area is 205 Å². The van der Waals surface area contributed by atoms with E-state index in [1.54, 1.807) is 6.07 Å². The first-order valence-corrected chi connectivity index (χ1v) is 10.0. The second-order valence-corrected chi connectivity index (χ2v) is 7.78. The molecule has 2 heterocycles. The molecule has 1 aromatic heterocycles. The first kappa shape index (κ1) is 24.8. The van der Waals surface area contributed by atoms with Crippen LogP contribution in [0.3, 0.4) is 0 Å². The van der Waals surface area contributed by atoms with Crippen molar-refractivity contribution >= 4 is 61.5 Å². The third-order valence-corrected chi connectivity index (χ3v) is 5.13. The smallest absolute Gasteiger partial charge is 0.505 e. The van der Waals surface area contributed by atoms with Crippen LogP contribution in [-0.2, 0) is 6.54 Å². The molecule has 4 rings (SSSR count). The van der Waals surface area contributed by atoms with Crippen molar-refractivity contribution in [3.8, 4) is 22.6 Å². The summed E-state index contributed by atoms with van der Waals surface area (Å²) in [4.78, 5) is 23.0. The largest absolute Gasteiger partial charge is 0.573 e. The zero-order valence-electron chi connectivity index (χ0n) is 18.0. The molecule has 0 aliphatic carbocycles. The fourth-order valence-electron chi connectivity index (χ4n) is 3.70. The van der Waals surface area contributed by atoms with Crippen molar-refractivity contribution in [1.29, 1.82) is 0 Å². The van der Waals surface area contributed by atoms with Crippen LogP contribution in [0.4, 0.5) is 13.2 Å². The molecule has 0 atom stereocenters. The number of rotatable bonds is 4. The highest BCUT2D eigenvalue weighted by molar-refractivity contribution is 6.56. The lowest BCUT2D eigenvalue weighted by atomic mass is 9.64. The molecule has 0 spiro atoms. The lowest BCUT2D eigenvalue weighted by Gasteiger charge is -2.31. The van der Waals surface area contributed by atoms with Gasteiger partial charge < -0.3 is 14.4 Å². The summed E-state index contributed by atoms with van der Waals surface area (Å²) < 4.78 is 47.1. The van der Waals surface area contributed by atoms with E-state index in [-0.39, 0.29) is 51.9 Å². The fraction of sp³-hybridized carbons (Fsp3) is 0.190. The first-order valence-electron chi connectivity index (χ1n) is 10.0. The lowest BCUT2D eigenvalue weighted by molar-refractivity contribution is -0.274. The summed E-state index contributed by atoms with van der Waals surface area (Å²) in [6, 6.07) is 6.35. The fourth-order valence-corrected chi connectivity index (χ4v) is 3.70. The van der Waals surface area contributed by atoms with Gasteiger partial charge in [-0.25, -0.2) is 9.97 Å². The van der Waals surface area contributed by atoms with Crippen molar-refractivity contribution in [1.82, 2.24) is 14.9 Å². The number of amides is 1. The average Bonchev–Trinajstić information content (AvgIpc) is 2.87. The zero-order chi connectivity index (χ0) is 25.5. The third-order valence-electron chi connectivity index (χ3n) is 5.13. The van der Waals surface area contributed by atoms with E-state index in [0.29, 0.717) is 5.82 Å².